The molecule has 0 aliphatic heterocycles. The highest BCUT2D eigenvalue weighted by atomic mass is 16.3. The standard InChI is InChI=1S/C7H10N2O2/c1-5(10)7(11)6-3-4-8-9(6)2/h3-5,10H,1-2H3. The number of aromatic nitrogens is 2. The molecule has 1 N–H and O–H groups in total. The van der Waals surface area contributed by atoms with Crippen molar-refractivity contribution in [3.63, 3.8) is 0 Å². The third kappa shape index (κ3) is 1.46. The van der Waals surface area contributed by atoms with Crippen molar-refractivity contribution in [2.24, 2.45) is 7.05 Å². The van der Waals surface area contributed by atoms with Crippen molar-refractivity contribution in [2.45, 2.75) is 13.0 Å². The van der Waals surface area contributed by atoms with E-state index in [0.29, 0.717) is 5.69 Å². The van der Waals surface area contributed by atoms with Crippen LogP contribution in [0.5, 0.6) is 0 Å². The zero-order chi connectivity index (χ0) is 8.43. The number of aryl methyl sites for hydroxylation is 1. The lowest BCUT2D eigenvalue weighted by molar-refractivity contribution is 0.0769. The lowest BCUT2D eigenvalue weighted by atomic mass is 10.2. The Balaban J connectivity index is 2.93. The fraction of sp³-hybridized carbons (Fsp3) is 0.429. The third-order valence-corrected chi connectivity index (χ3v) is 1.45. The summed E-state index contributed by atoms with van der Waals surface area (Å²) in [6.45, 7) is 1.44. The Morgan fingerprint density at radius 3 is 2.82 bits per heavy atom. The summed E-state index contributed by atoms with van der Waals surface area (Å²) in [6, 6.07) is 1.58. The number of hydrogen-bond acceptors (Lipinski definition) is 3. The Morgan fingerprint density at radius 2 is 2.45 bits per heavy atom. The van der Waals surface area contributed by atoms with Crippen LogP contribution in [0.1, 0.15) is 17.4 Å². The molecule has 0 bridgehead atoms. The van der Waals surface area contributed by atoms with E-state index in [0.717, 1.165) is 0 Å². The van der Waals surface area contributed by atoms with E-state index < -0.39 is 6.10 Å². The normalized spacial score (nSPS) is 13.0. The first-order chi connectivity index (χ1) is 5.13. The number of rotatable bonds is 2. The van der Waals surface area contributed by atoms with Crippen molar-refractivity contribution in [3.8, 4) is 0 Å². The molecule has 1 atom stereocenters. The molecule has 0 amide bonds. The summed E-state index contributed by atoms with van der Waals surface area (Å²) in [7, 11) is 1.66. The number of nitrogens with zero attached hydrogens (tertiary/aromatic N) is 2. The van der Waals surface area contributed by atoms with Gasteiger partial charge in [0.15, 0.2) is 0 Å². The van der Waals surface area contributed by atoms with Crippen molar-refractivity contribution in [3.05, 3.63) is 18.0 Å². The van der Waals surface area contributed by atoms with Crippen LogP contribution in [0.3, 0.4) is 0 Å². The Hall–Kier alpha value is -1.16. The fourth-order valence-electron chi connectivity index (χ4n) is 0.830. The Kier molecular flexibility index (Phi) is 2.05. The van der Waals surface area contributed by atoms with Gasteiger partial charge in [0, 0.05) is 13.2 Å². The molecular weight excluding hydrogens is 144 g/mol. The summed E-state index contributed by atoms with van der Waals surface area (Å²) in [6.07, 6.45) is 0.570. The van der Waals surface area contributed by atoms with Crippen molar-refractivity contribution >= 4 is 5.78 Å². The van der Waals surface area contributed by atoms with Crippen LogP contribution in [0.2, 0.25) is 0 Å². The molecule has 0 spiro atoms. The largest absolute Gasteiger partial charge is 0.385 e. The van der Waals surface area contributed by atoms with Gasteiger partial charge in [0.2, 0.25) is 5.78 Å². The van der Waals surface area contributed by atoms with Crippen molar-refractivity contribution in [1.82, 2.24) is 9.78 Å². The van der Waals surface area contributed by atoms with Crippen LogP contribution in [0.4, 0.5) is 0 Å². The molecular formula is C7H10N2O2. The molecule has 0 aromatic carbocycles. The maximum Gasteiger partial charge on any atom is 0.208 e. The average molecular weight is 154 g/mol. The number of aliphatic hydroxyl groups is 1. The molecule has 1 heterocycles. The van der Waals surface area contributed by atoms with E-state index in [1.54, 1.807) is 13.1 Å². The topological polar surface area (TPSA) is 55.1 Å². The molecule has 0 radical (unpaired) electrons. The van der Waals surface area contributed by atoms with Crippen molar-refractivity contribution < 1.29 is 9.90 Å². The molecule has 1 unspecified atom stereocenters. The predicted octanol–water partition coefficient (Wildman–Crippen LogP) is -0.0164. The molecule has 0 aliphatic rings. The first-order valence-electron chi connectivity index (χ1n) is 3.33. The SMILES string of the molecule is CC(O)C(=O)c1ccnn1C. The summed E-state index contributed by atoms with van der Waals surface area (Å²) in [4.78, 5) is 11.1. The van der Waals surface area contributed by atoms with Crippen LogP contribution in [0.15, 0.2) is 12.3 Å². The summed E-state index contributed by atoms with van der Waals surface area (Å²) in [5.74, 6) is -0.301. The van der Waals surface area contributed by atoms with Crippen LogP contribution in [0, 0.1) is 0 Å². The minimum atomic E-state index is -0.953. The lowest BCUT2D eigenvalue weighted by Crippen LogP contribution is -2.19. The molecule has 0 fully saturated rings. The van der Waals surface area contributed by atoms with Crippen LogP contribution < -0.4 is 0 Å². The van der Waals surface area contributed by atoms with Gasteiger partial charge in [-0.15, -0.1) is 0 Å². The highest BCUT2D eigenvalue weighted by molar-refractivity contribution is 5.97. The van der Waals surface area contributed by atoms with Gasteiger partial charge in [0.25, 0.3) is 0 Å². The zero-order valence-electron chi connectivity index (χ0n) is 6.48. The van der Waals surface area contributed by atoms with Gasteiger partial charge in [-0.3, -0.25) is 9.48 Å². The van der Waals surface area contributed by atoms with E-state index in [2.05, 4.69) is 5.10 Å². The predicted molar refractivity (Wildman–Crippen MR) is 39.2 cm³/mol. The van der Waals surface area contributed by atoms with Gasteiger partial charge in [0.05, 0.1) is 0 Å². The van der Waals surface area contributed by atoms with Gasteiger partial charge < -0.3 is 5.11 Å². The Morgan fingerprint density at radius 1 is 1.82 bits per heavy atom. The maximum atomic E-state index is 11.1. The van der Waals surface area contributed by atoms with E-state index >= 15 is 0 Å². The highest BCUT2D eigenvalue weighted by Gasteiger charge is 2.14. The smallest absolute Gasteiger partial charge is 0.208 e. The van der Waals surface area contributed by atoms with Crippen molar-refractivity contribution in [1.29, 1.82) is 0 Å². The van der Waals surface area contributed by atoms with E-state index in [1.807, 2.05) is 0 Å². The lowest BCUT2D eigenvalue weighted by Gasteiger charge is -2.02. The van der Waals surface area contributed by atoms with Gasteiger partial charge >= 0.3 is 0 Å². The van der Waals surface area contributed by atoms with E-state index in [-0.39, 0.29) is 5.78 Å². The molecule has 1 aromatic rings. The van der Waals surface area contributed by atoms with Crippen LogP contribution in [0.25, 0.3) is 0 Å². The summed E-state index contributed by atoms with van der Waals surface area (Å²) >= 11 is 0. The first kappa shape index (κ1) is 7.94. The number of hydrogen-bond donors (Lipinski definition) is 1. The molecule has 1 rings (SSSR count). The minimum Gasteiger partial charge on any atom is -0.385 e. The molecule has 0 saturated heterocycles. The quantitative estimate of drug-likeness (QED) is 0.609. The zero-order valence-corrected chi connectivity index (χ0v) is 6.48. The molecule has 4 nitrogen and oxygen atoms in total. The van der Waals surface area contributed by atoms with Crippen molar-refractivity contribution in [2.75, 3.05) is 0 Å². The second-order valence-corrected chi connectivity index (χ2v) is 2.38. The van der Waals surface area contributed by atoms with Gasteiger partial charge in [-0.05, 0) is 13.0 Å². The highest BCUT2D eigenvalue weighted by Crippen LogP contribution is 2.00. The number of Topliss-reactive ketones (excluding diaryl/α,β-unsaturated/α-hetero) is 1. The number of ketones is 1. The van der Waals surface area contributed by atoms with E-state index in [9.17, 15) is 4.79 Å². The van der Waals surface area contributed by atoms with Crippen LogP contribution >= 0.6 is 0 Å². The first-order valence-corrected chi connectivity index (χ1v) is 3.33. The molecule has 11 heavy (non-hydrogen) atoms. The summed E-state index contributed by atoms with van der Waals surface area (Å²) < 4.78 is 1.44. The second-order valence-electron chi connectivity index (χ2n) is 2.38. The molecule has 60 valence electrons. The molecule has 1 aromatic heterocycles. The molecule has 0 aliphatic carbocycles. The Bertz CT molecular complexity index is 265. The van der Waals surface area contributed by atoms with Crippen LogP contribution in [-0.2, 0) is 7.05 Å². The average Bonchev–Trinajstić information content (AvgIpc) is 2.33. The van der Waals surface area contributed by atoms with Gasteiger partial charge in [-0.25, -0.2) is 0 Å². The molecule has 0 saturated carbocycles. The van der Waals surface area contributed by atoms with Gasteiger partial charge in [-0.1, -0.05) is 0 Å². The summed E-state index contributed by atoms with van der Waals surface area (Å²) in [5.41, 5.74) is 0.431. The minimum absolute atomic E-state index is 0.301. The number of aliphatic hydroxyl groups excluding tert-OH is 1. The fourth-order valence-corrected chi connectivity index (χ4v) is 0.830. The third-order valence-electron chi connectivity index (χ3n) is 1.45. The van der Waals surface area contributed by atoms with E-state index in [4.69, 9.17) is 5.11 Å². The van der Waals surface area contributed by atoms with Gasteiger partial charge in [-0.2, -0.15) is 5.10 Å². The maximum absolute atomic E-state index is 11.1. The van der Waals surface area contributed by atoms with Gasteiger partial charge in [0.1, 0.15) is 11.8 Å². The summed E-state index contributed by atoms with van der Waals surface area (Å²) in [5, 5.41) is 12.7. The number of carbonyl (C=O) groups is 1. The van der Waals surface area contributed by atoms with Crippen LogP contribution in [-0.4, -0.2) is 26.8 Å². The Labute approximate surface area is 64.5 Å². The monoisotopic (exact) mass is 154 g/mol. The van der Waals surface area contributed by atoms with E-state index in [1.165, 1.54) is 17.8 Å². The second kappa shape index (κ2) is 2.84. The number of carbonyl (C=O) groups excluding carboxylic acids is 1. The molecule has 4 heteroatoms.